The Bertz CT molecular complexity index is 1280. The van der Waals surface area contributed by atoms with Crippen LogP contribution in [0.2, 0.25) is 5.02 Å². The van der Waals surface area contributed by atoms with Crippen molar-refractivity contribution in [3.8, 4) is 11.1 Å². The average Bonchev–Trinajstić information content (AvgIpc) is 3.23. The first-order valence-electron chi connectivity index (χ1n) is 10.3. The summed E-state index contributed by atoms with van der Waals surface area (Å²) in [6, 6.07) is 13.5. The maximum Gasteiger partial charge on any atom is 0.435 e. The zero-order valence-corrected chi connectivity index (χ0v) is 19.1. The number of rotatable bonds is 4. The molecule has 2 aromatic carbocycles. The second-order valence-corrected chi connectivity index (χ2v) is 8.97. The first kappa shape index (κ1) is 21.8. The summed E-state index contributed by atoms with van der Waals surface area (Å²) >= 11 is 6.09. The van der Waals surface area contributed by atoms with Gasteiger partial charge in [-0.05, 0) is 63.1 Å². The van der Waals surface area contributed by atoms with Crippen molar-refractivity contribution >= 4 is 34.5 Å². The molecule has 0 fully saturated rings. The molecule has 0 unspecified atom stereocenters. The Morgan fingerprint density at radius 1 is 1.09 bits per heavy atom. The second-order valence-electron chi connectivity index (χ2n) is 8.53. The predicted molar refractivity (Wildman–Crippen MR) is 126 cm³/mol. The topological polar surface area (TPSA) is 81.9 Å². The third kappa shape index (κ3) is 5.06. The van der Waals surface area contributed by atoms with Crippen LogP contribution in [0.15, 0.2) is 61.1 Å². The van der Waals surface area contributed by atoms with Crippen molar-refractivity contribution in [2.75, 3.05) is 5.32 Å². The van der Waals surface area contributed by atoms with Crippen molar-refractivity contribution in [1.82, 2.24) is 19.7 Å². The monoisotopic (exact) mass is 449 g/mol. The largest absolute Gasteiger partial charge is 0.442 e. The van der Waals surface area contributed by atoms with E-state index in [1.165, 1.54) is 4.68 Å². The van der Waals surface area contributed by atoms with Crippen LogP contribution in [0.4, 0.5) is 10.6 Å². The van der Waals surface area contributed by atoms with Crippen molar-refractivity contribution < 1.29 is 9.53 Å². The molecule has 0 aliphatic rings. The van der Waals surface area contributed by atoms with Crippen molar-refractivity contribution in [3.63, 3.8) is 0 Å². The highest BCUT2D eigenvalue weighted by Crippen LogP contribution is 2.25. The van der Waals surface area contributed by atoms with Gasteiger partial charge in [-0.25, -0.2) is 9.78 Å². The number of carbonyl (C=O) groups is 1. The summed E-state index contributed by atoms with van der Waals surface area (Å²) in [7, 11) is 0. The highest BCUT2D eigenvalue weighted by atomic mass is 35.5. The van der Waals surface area contributed by atoms with Gasteiger partial charge in [0.25, 0.3) is 0 Å². The molecular weight excluding hydrogens is 426 g/mol. The Balaban J connectivity index is 1.53. The minimum atomic E-state index is -0.586. The zero-order valence-electron chi connectivity index (χ0n) is 18.3. The van der Waals surface area contributed by atoms with Crippen LogP contribution in [0.25, 0.3) is 22.2 Å². The number of aromatic nitrogens is 4. The fourth-order valence-electron chi connectivity index (χ4n) is 3.22. The molecule has 1 N–H and O–H groups in total. The van der Waals surface area contributed by atoms with E-state index in [1.807, 2.05) is 70.2 Å². The second kappa shape index (κ2) is 8.59. The van der Waals surface area contributed by atoms with Crippen LogP contribution in [0.3, 0.4) is 0 Å². The summed E-state index contributed by atoms with van der Waals surface area (Å²) in [6.45, 7) is 7.49. The van der Waals surface area contributed by atoms with E-state index < -0.39 is 11.7 Å². The number of carbonyl (C=O) groups excluding carboxylic acids is 1. The zero-order chi connectivity index (χ0) is 22.9. The lowest BCUT2D eigenvalue weighted by Crippen LogP contribution is -2.27. The molecule has 8 heteroatoms. The minimum absolute atomic E-state index is 0.0263. The molecule has 0 spiro atoms. The number of anilines is 1. The Morgan fingerprint density at radius 2 is 1.91 bits per heavy atom. The van der Waals surface area contributed by atoms with Gasteiger partial charge in [0.15, 0.2) is 0 Å². The first-order chi connectivity index (χ1) is 15.2. The first-order valence-corrected chi connectivity index (χ1v) is 10.6. The number of hydrogen-bond acceptors (Lipinski definition) is 6. The summed E-state index contributed by atoms with van der Waals surface area (Å²) < 4.78 is 6.55. The van der Waals surface area contributed by atoms with Gasteiger partial charge in [0.1, 0.15) is 11.4 Å². The summed E-state index contributed by atoms with van der Waals surface area (Å²) in [4.78, 5) is 21.4. The quantitative estimate of drug-likeness (QED) is 0.405. The van der Waals surface area contributed by atoms with Crippen LogP contribution in [0.5, 0.6) is 0 Å². The molecule has 0 aliphatic heterocycles. The Labute approximate surface area is 191 Å². The molecule has 2 heterocycles. The number of hydrogen-bond donors (Lipinski definition) is 1. The standard InChI is InChI=1S/C24H24ClN5O2/c1-15(16-6-5-7-19(25)10-16)28-22-13-26-21-11-17(8-9-20(21)29-22)18-12-27-30(14-18)23(31)32-24(2,3)4/h5-15H,1-4H3,(H,28,29)/t15-/m1/s1. The molecule has 0 saturated carbocycles. The molecule has 4 rings (SSSR count). The van der Waals surface area contributed by atoms with Gasteiger partial charge in [-0.1, -0.05) is 29.8 Å². The molecule has 32 heavy (non-hydrogen) atoms. The van der Waals surface area contributed by atoms with Gasteiger partial charge >= 0.3 is 6.09 Å². The lowest BCUT2D eigenvalue weighted by Gasteiger charge is -2.18. The Kier molecular flexibility index (Phi) is 5.84. The van der Waals surface area contributed by atoms with Crippen LogP contribution >= 0.6 is 11.6 Å². The summed E-state index contributed by atoms with van der Waals surface area (Å²) in [5, 5.41) is 8.18. The average molecular weight is 450 g/mol. The van der Waals surface area contributed by atoms with Gasteiger partial charge in [0.2, 0.25) is 0 Å². The van der Waals surface area contributed by atoms with Crippen LogP contribution in [0.1, 0.15) is 39.3 Å². The molecule has 7 nitrogen and oxygen atoms in total. The predicted octanol–water partition coefficient (Wildman–Crippen LogP) is 6.10. The van der Waals surface area contributed by atoms with Gasteiger partial charge in [-0.15, -0.1) is 0 Å². The van der Waals surface area contributed by atoms with E-state index in [0.29, 0.717) is 10.8 Å². The summed E-state index contributed by atoms with van der Waals surface area (Å²) in [6.07, 6.45) is 4.46. The highest BCUT2D eigenvalue weighted by Gasteiger charge is 2.19. The maximum atomic E-state index is 12.2. The number of nitrogens with zero attached hydrogens (tertiary/aromatic N) is 4. The summed E-state index contributed by atoms with van der Waals surface area (Å²) in [5.74, 6) is 0.676. The number of halogens is 1. The number of ether oxygens (including phenoxy) is 1. The van der Waals surface area contributed by atoms with E-state index in [0.717, 1.165) is 27.7 Å². The molecule has 0 saturated heterocycles. The van der Waals surface area contributed by atoms with Gasteiger partial charge in [-0.3, -0.25) is 4.98 Å². The number of nitrogens with one attached hydrogen (secondary N) is 1. The fourth-order valence-corrected chi connectivity index (χ4v) is 3.42. The van der Waals surface area contributed by atoms with Crippen molar-refractivity contribution in [1.29, 1.82) is 0 Å². The summed E-state index contributed by atoms with van der Waals surface area (Å²) in [5.41, 5.74) is 3.66. The molecule has 4 aromatic rings. The van der Waals surface area contributed by atoms with E-state index in [2.05, 4.69) is 20.4 Å². The van der Waals surface area contributed by atoms with E-state index in [9.17, 15) is 4.79 Å². The molecule has 1 atom stereocenters. The van der Waals surface area contributed by atoms with Crippen molar-refractivity contribution in [2.45, 2.75) is 39.3 Å². The highest BCUT2D eigenvalue weighted by molar-refractivity contribution is 6.30. The third-order valence-corrected chi connectivity index (χ3v) is 4.99. The van der Waals surface area contributed by atoms with Crippen LogP contribution < -0.4 is 5.32 Å². The van der Waals surface area contributed by atoms with Crippen molar-refractivity contribution in [2.24, 2.45) is 0 Å². The fraction of sp³-hybridized carbons (Fsp3) is 0.250. The van der Waals surface area contributed by atoms with E-state index >= 15 is 0 Å². The van der Waals surface area contributed by atoms with E-state index in [-0.39, 0.29) is 6.04 Å². The molecule has 0 aliphatic carbocycles. The third-order valence-electron chi connectivity index (χ3n) is 4.75. The lowest BCUT2D eigenvalue weighted by molar-refractivity contribution is 0.0514. The van der Waals surface area contributed by atoms with Gasteiger partial charge in [0.05, 0.1) is 29.5 Å². The molecule has 0 amide bonds. The van der Waals surface area contributed by atoms with Crippen LogP contribution in [-0.4, -0.2) is 31.4 Å². The molecule has 0 bridgehead atoms. The van der Waals surface area contributed by atoms with Gasteiger partial charge < -0.3 is 10.1 Å². The SMILES string of the molecule is C[C@@H](Nc1cnc2cc(-c3cnn(C(=O)OC(C)(C)C)c3)ccc2n1)c1cccc(Cl)c1. The van der Waals surface area contributed by atoms with Crippen LogP contribution in [-0.2, 0) is 4.74 Å². The van der Waals surface area contributed by atoms with E-state index in [4.69, 9.17) is 16.3 Å². The van der Waals surface area contributed by atoms with E-state index in [1.54, 1.807) is 18.6 Å². The Hall–Kier alpha value is -3.45. The molecule has 164 valence electrons. The number of benzene rings is 2. The molecule has 2 aromatic heterocycles. The lowest BCUT2D eigenvalue weighted by atomic mass is 10.1. The van der Waals surface area contributed by atoms with Gasteiger partial charge in [0, 0.05) is 16.8 Å². The maximum absolute atomic E-state index is 12.2. The number of fused-ring (bicyclic) bond motifs is 1. The molecular formula is C24H24ClN5O2. The van der Waals surface area contributed by atoms with Gasteiger partial charge in [-0.2, -0.15) is 9.78 Å². The van der Waals surface area contributed by atoms with Crippen LogP contribution in [0, 0.1) is 0 Å². The Morgan fingerprint density at radius 3 is 2.66 bits per heavy atom. The van der Waals surface area contributed by atoms with Crippen molar-refractivity contribution in [3.05, 3.63) is 71.6 Å². The smallest absolute Gasteiger partial charge is 0.435 e. The minimum Gasteiger partial charge on any atom is -0.442 e. The normalized spacial score (nSPS) is 12.5. The molecule has 0 radical (unpaired) electrons.